The van der Waals surface area contributed by atoms with E-state index >= 15 is 0 Å². The molecule has 0 aliphatic heterocycles. The maximum Gasteiger partial charge on any atom is 0.147 e. The van der Waals surface area contributed by atoms with E-state index in [4.69, 9.17) is 29.0 Å². The van der Waals surface area contributed by atoms with Gasteiger partial charge in [0.25, 0.3) is 0 Å². The van der Waals surface area contributed by atoms with Crippen molar-refractivity contribution in [1.82, 2.24) is 4.98 Å². The van der Waals surface area contributed by atoms with Crippen LogP contribution in [0, 0.1) is 0 Å². The fraction of sp³-hybridized carbons (Fsp3) is 0. The molecule has 0 saturated carbocycles. The summed E-state index contributed by atoms with van der Waals surface area (Å²) in [5.41, 5.74) is 2.50. The molecule has 1 aromatic carbocycles. The van der Waals surface area contributed by atoms with Gasteiger partial charge in [0.2, 0.25) is 0 Å². The smallest absolute Gasteiger partial charge is 0.147 e. The Morgan fingerprint density at radius 2 is 2.00 bits per heavy atom. The van der Waals surface area contributed by atoms with Crippen LogP contribution in [-0.2, 0) is 0 Å². The highest BCUT2D eigenvalue weighted by atomic mass is 35.5. The van der Waals surface area contributed by atoms with Crippen LogP contribution < -0.4 is 11.3 Å². The fourth-order valence-corrected chi connectivity index (χ4v) is 1.88. The van der Waals surface area contributed by atoms with E-state index in [9.17, 15) is 0 Å². The van der Waals surface area contributed by atoms with Crippen molar-refractivity contribution in [1.29, 1.82) is 0 Å². The van der Waals surface area contributed by atoms with Gasteiger partial charge in [0.1, 0.15) is 5.82 Å². The van der Waals surface area contributed by atoms with Crippen LogP contribution in [-0.4, -0.2) is 4.98 Å². The second-order valence-electron chi connectivity index (χ2n) is 2.79. The fourth-order valence-electron chi connectivity index (χ4n) is 1.32. The molecule has 0 radical (unpaired) electrons. The van der Waals surface area contributed by atoms with Crippen molar-refractivity contribution in [3.8, 4) is 0 Å². The first-order chi connectivity index (χ1) is 6.72. The zero-order chi connectivity index (χ0) is 10.1. The number of rotatable bonds is 1. The zero-order valence-corrected chi connectivity index (χ0v) is 8.60. The summed E-state index contributed by atoms with van der Waals surface area (Å²) in [7, 11) is 0. The van der Waals surface area contributed by atoms with E-state index in [0.29, 0.717) is 15.9 Å². The largest absolute Gasteiger partial charge is 0.308 e. The average molecular weight is 228 g/mol. The van der Waals surface area contributed by atoms with Crippen molar-refractivity contribution in [2.24, 2.45) is 5.84 Å². The van der Waals surface area contributed by atoms with Crippen LogP contribution in [0.5, 0.6) is 0 Å². The summed E-state index contributed by atoms with van der Waals surface area (Å²) in [6, 6.07) is 5.27. The Labute approximate surface area is 90.8 Å². The summed E-state index contributed by atoms with van der Waals surface area (Å²) in [6.45, 7) is 0. The second kappa shape index (κ2) is 3.61. The van der Waals surface area contributed by atoms with Gasteiger partial charge in [-0.15, -0.1) is 0 Å². The molecule has 72 valence electrons. The third-order valence-electron chi connectivity index (χ3n) is 1.93. The summed E-state index contributed by atoms with van der Waals surface area (Å²) in [5, 5.41) is 2.84. The highest BCUT2D eigenvalue weighted by Crippen LogP contribution is 2.30. The van der Waals surface area contributed by atoms with E-state index < -0.39 is 0 Å². The van der Waals surface area contributed by atoms with Gasteiger partial charge >= 0.3 is 0 Å². The molecule has 1 aromatic heterocycles. The van der Waals surface area contributed by atoms with Crippen molar-refractivity contribution < 1.29 is 0 Å². The molecule has 14 heavy (non-hydrogen) atoms. The maximum absolute atomic E-state index is 6.01. The standard InChI is InChI=1S/C9H7Cl2N3/c10-5-3-7-6(8(11)4-5)1-2-13-9(7)14-12/h1-4H,12H2,(H,13,14). The minimum absolute atomic E-state index is 0.562. The molecule has 5 heteroatoms. The van der Waals surface area contributed by atoms with E-state index in [2.05, 4.69) is 10.4 Å². The van der Waals surface area contributed by atoms with Gasteiger partial charge in [-0.05, 0) is 18.2 Å². The molecule has 2 rings (SSSR count). The van der Waals surface area contributed by atoms with E-state index in [1.165, 1.54) is 0 Å². The molecular formula is C9H7Cl2N3. The SMILES string of the molecule is NNc1nccc2c(Cl)cc(Cl)cc12. The van der Waals surface area contributed by atoms with Crippen LogP contribution in [0.15, 0.2) is 24.4 Å². The number of pyridine rings is 1. The number of hydrogen-bond acceptors (Lipinski definition) is 3. The first-order valence-electron chi connectivity index (χ1n) is 3.93. The van der Waals surface area contributed by atoms with Gasteiger partial charge in [0.15, 0.2) is 0 Å². The Kier molecular flexibility index (Phi) is 2.46. The Morgan fingerprint density at radius 3 is 2.71 bits per heavy atom. The Morgan fingerprint density at radius 1 is 1.21 bits per heavy atom. The monoisotopic (exact) mass is 227 g/mol. The van der Waals surface area contributed by atoms with E-state index in [1.807, 2.05) is 6.07 Å². The molecule has 3 nitrogen and oxygen atoms in total. The summed E-state index contributed by atoms with van der Waals surface area (Å²) < 4.78 is 0. The van der Waals surface area contributed by atoms with Gasteiger partial charge in [-0.1, -0.05) is 23.2 Å². The van der Waals surface area contributed by atoms with E-state index in [1.54, 1.807) is 18.3 Å². The summed E-state index contributed by atoms with van der Waals surface area (Å²) >= 11 is 11.9. The predicted molar refractivity (Wildman–Crippen MR) is 59.6 cm³/mol. The van der Waals surface area contributed by atoms with Crippen LogP contribution in [0.4, 0.5) is 5.82 Å². The van der Waals surface area contributed by atoms with Gasteiger partial charge in [0.05, 0.1) is 5.02 Å². The highest BCUT2D eigenvalue weighted by Gasteiger charge is 2.05. The number of nitrogens with one attached hydrogen (secondary N) is 1. The minimum atomic E-state index is 0.562. The first kappa shape index (κ1) is 9.52. The maximum atomic E-state index is 6.01. The summed E-state index contributed by atoms with van der Waals surface area (Å²) in [6.07, 6.45) is 1.64. The number of nitrogens with two attached hydrogens (primary N) is 1. The van der Waals surface area contributed by atoms with Crippen molar-refractivity contribution in [3.05, 3.63) is 34.4 Å². The lowest BCUT2D eigenvalue weighted by atomic mass is 10.1. The van der Waals surface area contributed by atoms with Crippen LogP contribution >= 0.6 is 23.2 Å². The van der Waals surface area contributed by atoms with Gasteiger partial charge in [-0.25, -0.2) is 10.8 Å². The molecule has 3 N–H and O–H groups in total. The van der Waals surface area contributed by atoms with Crippen LogP contribution in [0.2, 0.25) is 10.0 Å². The topological polar surface area (TPSA) is 50.9 Å². The molecule has 2 aromatic rings. The number of fused-ring (bicyclic) bond motifs is 1. The van der Waals surface area contributed by atoms with E-state index in [-0.39, 0.29) is 0 Å². The van der Waals surface area contributed by atoms with Crippen LogP contribution in [0.1, 0.15) is 0 Å². The average Bonchev–Trinajstić information content (AvgIpc) is 2.17. The molecule has 0 spiro atoms. The van der Waals surface area contributed by atoms with Crippen LogP contribution in [0.3, 0.4) is 0 Å². The van der Waals surface area contributed by atoms with Crippen molar-refractivity contribution in [2.75, 3.05) is 5.43 Å². The Bertz CT molecular complexity index is 485. The molecule has 0 fully saturated rings. The quantitative estimate of drug-likeness (QED) is 0.582. The molecule has 0 unspecified atom stereocenters. The van der Waals surface area contributed by atoms with Crippen molar-refractivity contribution >= 4 is 39.8 Å². The number of aromatic nitrogens is 1. The highest BCUT2D eigenvalue weighted by molar-refractivity contribution is 6.39. The summed E-state index contributed by atoms with van der Waals surface area (Å²) in [5.74, 6) is 5.88. The van der Waals surface area contributed by atoms with E-state index in [0.717, 1.165) is 10.8 Å². The number of benzene rings is 1. The molecular weight excluding hydrogens is 221 g/mol. The number of nitrogen functional groups attached to an aromatic ring is 1. The third kappa shape index (κ3) is 1.50. The molecule has 0 atom stereocenters. The first-order valence-corrected chi connectivity index (χ1v) is 4.68. The lowest BCUT2D eigenvalue weighted by Crippen LogP contribution is -2.08. The normalized spacial score (nSPS) is 10.5. The van der Waals surface area contributed by atoms with Gasteiger partial charge in [-0.2, -0.15) is 0 Å². The lowest BCUT2D eigenvalue weighted by molar-refractivity contribution is 1.25. The number of hydrogen-bond donors (Lipinski definition) is 2. The minimum Gasteiger partial charge on any atom is -0.308 e. The molecule has 0 aliphatic rings. The number of nitrogens with zero attached hydrogens (tertiary/aromatic N) is 1. The second-order valence-corrected chi connectivity index (χ2v) is 3.63. The molecule has 0 aliphatic carbocycles. The van der Waals surface area contributed by atoms with Gasteiger partial charge < -0.3 is 5.43 Å². The van der Waals surface area contributed by atoms with Gasteiger partial charge in [-0.3, -0.25) is 0 Å². The predicted octanol–water partition coefficient (Wildman–Crippen LogP) is 2.83. The summed E-state index contributed by atoms with van der Waals surface area (Å²) in [4.78, 5) is 4.05. The Balaban J connectivity index is 2.86. The molecule has 0 saturated heterocycles. The van der Waals surface area contributed by atoms with Crippen molar-refractivity contribution in [3.63, 3.8) is 0 Å². The molecule has 0 amide bonds. The third-order valence-corrected chi connectivity index (χ3v) is 2.46. The molecule has 1 heterocycles. The van der Waals surface area contributed by atoms with Crippen molar-refractivity contribution in [2.45, 2.75) is 0 Å². The zero-order valence-electron chi connectivity index (χ0n) is 7.09. The van der Waals surface area contributed by atoms with Crippen LogP contribution in [0.25, 0.3) is 10.8 Å². The number of anilines is 1. The van der Waals surface area contributed by atoms with Gasteiger partial charge in [0, 0.05) is 22.0 Å². The number of halogens is 2. The number of hydrazine groups is 1. The lowest BCUT2D eigenvalue weighted by Gasteiger charge is -2.06. The Hall–Kier alpha value is -1.03. The molecule has 0 bridgehead atoms.